The predicted molar refractivity (Wildman–Crippen MR) is 104 cm³/mol. The van der Waals surface area contributed by atoms with Crippen molar-refractivity contribution in [3.63, 3.8) is 0 Å². The summed E-state index contributed by atoms with van der Waals surface area (Å²) in [5.41, 5.74) is 11.8. The Kier molecular flexibility index (Phi) is 9.17. The molecule has 0 saturated heterocycles. The van der Waals surface area contributed by atoms with E-state index in [1.54, 1.807) is 18.2 Å². The Labute approximate surface area is 152 Å². The molecule has 0 aliphatic rings. The molecule has 0 atom stereocenters. The van der Waals surface area contributed by atoms with E-state index < -0.39 is 5.60 Å². The fraction of sp³-hybridized carbons (Fsp3) is 0.650. The molecular formula is C20H34N2O3. The molecule has 0 heterocycles. The Bertz CT molecular complexity index is 524. The molecule has 0 spiro atoms. The quantitative estimate of drug-likeness (QED) is 0.324. The van der Waals surface area contributed by atoms with E-state index in [1.807, 2.05) is 0 Å². The number of unbranched alkanes of at least 4 members (excludes halogenated alkanes) is 3. The van der Waals surface area contributed by atoms with Crippen molar-refractivity contribution >= 4 is 17.3 Å². The molecule has 0 fully saturated rings. The SMILES string of the molecule is CCCCOC(=O)C(CCCC)(CCCC)Oc1cccc(N)c1N. The van der Waals surface area contributed by atoms with Gasteiger partial charge in [0.15, 0.2) is 0 Å². The van der Waals surface area contributed by atoms with Crippen LogP contribution in [0.1, 0.15) is 72.1 Å². The van der Waals surface area contributed by atoms with Crippen molar-refractivity contribution in [1.82, 2.24) is 0 Å². The van der Waals surface area contributed by atoms with Crippen LogP contribution in [-0.4, -0.2) is 18.2 Å². The summed E-state index contributed by atoms with van der Waals surface area (Å²) in [4.78, 5) is 12.9. The normalized spacial score (nSPS) is 11.3. The van der Waals surface area contributed by atoms with Crippen molar-refractivity contribution in [2.45, 2.75) is 77.7 Å². The predicted octanol–water partition coefficient (Wildman–Crippen LogP) is 4.69. The van der Waals surface area contributed by atoms with Gasteiger partial charge in [0.1, 0.15) is 5.75 Å². The van der Waals surface area contributed by atoms with Crippen LogP contribution in [-0.2, 0) is 9.53 Å². The summed E-state index contributed by atoms with van der Waals surface area (Å²) in [6.07, 6.45) is 6.78. The molecule has 0 aromatic heterocycles. The lowest BCUT2D eigenvalue weighted by molar-refractivity contribution is -0.164. The number of para-hydroxylation sites is 1. The Morgan fingerprint density at radius 2 is 1.60 bits per heavy atom. The molecule has 0 amide bonds. The highest BCUT2D eigenvalue weighted by Gasteiger charge is 2.42. The third-order valence-corrected chi connectivity index (χ3v) is 4.38. The number of hydrogen-bond donors (Lipinski definition) is 2. The van der Waals surface area contributed by atoms with E-state index in [4.69, 9.17) is 20.9 Å². The van der Waals surface area contributed by atoms with E-state index >= 15 is 0 Å². The first-order valence-corrected chi connectivity index (χ1v) is 9.50. The van der Waals surface area contributed by atoms with E-state index in [2.05, 4.69) is 20.8 Å². The Balaban J connectivity index is 3.11. The monoisotopic (exact) mass is 350 g/mol. The van der Waals surface area contributed by atoms with Gasteiger partial charge in [0.05, 0.1) is 18.0 Å². The maximum Gasteiger partial charge on any atom is 0.350 e. The molecule has 0 bridgehead atoms. The second-order valence-corrected chi connectivity index (χ2v) is 6.55. The summed E-state index contributed by atoms with van der Waals surface area (Å²) in [5, 5.41) is 0. The van der Waals surface area contributed by atoms with Crippen LogP contribution in [0.2, 0.25) is 0 Å². The Hall–Kier alpha value is -1.91. The number of carbonyl (C=O) groups excluding carboxylic acids is 1. The second kappa shape index (κ2) is 10.9. The van der Waals surface area contributed by atoms with Gasteiger partial charge >= 0.3 is 5.97 Å². The summed E-state index contributed by atoms with van der Waals surface area (Å²) >= 11 is 0. The Morgan fingerprint density at radius 3 is 2.16 bits per heavy atom. The maximum absolute atomic E-state index is 12.9. The van der Waals surface area contributed by atoms with Crippen molar-refractivity contribution in [3.05, 3.63) is 18.2 Å². The third kappa shape index (κ3) is 6.15. The van der Waals surface area contributed by atoms with Gasteiger partial charge in [-0.1, -0.05) is 46.1 Å². The lowest BCUT2D eigenvalue weighted by atomic mass is 9.90. The zero-order chi connectivity index (χ0) is 18.7. The molecule has 5 heteroatoms. The molecule has 5 nitrogen and oxygen atoms in total. The van der Waals surface area contributed by atoms with Crippen LogP contribution in [0, 0.1) is 0 Å². The highest BCUT2D eigenvalue weighted by molar-refractivity contribution is 5.81. The van der Waals surface area contributed by atoms with Gasteiger partial charge in [-0.25, -0.2) is 4.79 Å². The van der Waals surface area contributed by atoms with Gasteiger partial charge in [-0.05, 0) is 44.2 Å². The first kappa shape index (κ1) is 21.1. The van der Waals surface area contributed by atoms with E-state index in [9.17, 15) is 4.79 Å². The molecule has 1 rings (SSSR count). The number of carbonyl (C=O) groups is 1. The number of esters is 1. The van der Waals surface area contributed by atoms with E-state index in [1.165, 1.54) is 0 Å². The smallest absolute Gasteiger partial charge is 0.350 e. The number of ether oxygens (including phenoxy) is 2. The minimum Gasteiger partial charge on any atom is -0.473 e. The zero-order valence-corrected chi connectivity index (χ0v) is 16.0. The van der Waals surface area contributed by atoms with Crippen LogP contribution in [0.4, 0.5) is 11.4 Å². The van der Waals surface area contributed by atoms with Crippen molar-refractivity contribution < 1.29 is 14.3 Å². The molecule has 4 N–H and O–H groups in total. The molecule has 1 aromatic rings. The summed E-state index contributed by atoms with van der Waals surface area (Å²) in [7, 11) is 0. The number of hydrogen-bond acceptors (Lipinski definition) is 5. The molecule has 0 saturated carbocycles. The molecule has 1 aromatic carbocycles. The van der Waals surface area contributed by atoms with E-state index in [0.717, 1.165) is 38.5 Å². The van der Waals surface area contributed by atoms with Crippen LogP contribution < -0.4 is 16.2 Å². The minimum absolute atomic E-state index is 0.287. The minimum atomic E-state index is -0.998. The van der Waals surface area contributed by atoms with Gasteiger partial charge in [0.25, 0.3) is 0 Å². The number of nitrogens with two attached hydrogens (primary N) is 2. The molecule has 0 aliphatic heterocycles. The number of anilines is 2. The highest BCUT2D eigenvalue weighted by atomic mass is 16.6. The number of rotatable bonds is 12. The van der Waals surface area contributed by atoms with Crippen molar-refractivity contribution in [1.29, 1.82) is 0 Å². The van der Waals surface area contributed by atoms with Crippen LogP contribution in [0.5, 0.6) is 5.75 Å². The standard InChI is InChI=1S/C20H34N2O3/c1-4-7-13-20(14-8-5-2,19(23)24-15-9-6-3)25-17-12-10-11-16(21)18(17)22/h10-12H,4-9,13-15,21-22H2,1-3H3. The van der Waals surface area contributed by atoms with Crippen LogP contribution in [0.3, 0.4) is 0 Å². The molecular weight excluding hydrogens is 316 g/mol. The summed E-state index contributed by atoms with van der Waals surface area (Å²) in [6, 6.07) is 5.27. The summed E-state index contributed by atoms with van der Waals surface area (Å²) in [5.74, 6) is 0.171. The number of benzene rings is 1. The van der Waals surface area contributed by atoms with E-state index in [-0.39, 0.29) is 5.97 Å². The molecule has 0 aliphatic carbocycles. The van der Waals surface area contributed by atoms with Gasteiger partial charge in [-0.3, -0.25) is 0 Å². The van der Waals surface area contributed by atoms with Gasteiger partial charge in [-0.2, -0.15) is 0 Å². The average Bonchev–Trinajstić information content (AvgIpc) is 2.61. The van der Waals surface area contributed by atoms with Crippen molar-refractivity contribution in [2.75, 3.05) is 18.1 Å². The number of nitrogen functional groups attached to an aromatic ring is 2. The molecule has 0 unspecified atom stereocenters. The van der Waals surface area contributed by atoms with Crippen LogP contribution >= 0.6 is 0 Å². The topological polar surface area (TPSA) is 87.6 Å². The highest BCUT2D eigenvalue weighted by Crippen LogP contribution is 2.35. The fourth-order valence-electron chi connectivity index (χ4n) is 2.70. The van der Waals surface area contributed by atoms with Gasteiger partial charge in [0, 0.05) is 0 Å². The lowest BCUT2D eigenvalue weighted by Gasteiger charge is -2.33. The largest absolute Gasteiger partial charge is 0.473 e. The third-order valence-electron chi connectivity index (χ3n) is 4.38. The van der Waals surface area contributed by atoms with E-state index in [0.29, 0.717) is 36.6 Å². The Morgan fingerprint density at radius 1 is 1.00 bits per heavy atom. The maximum atomic E-state index is 12.9. The average molecular weight is 351 g/mol. The first-order valence-electron chi connectivity index (χ1n) is 9.50. The van der Waals surface area contributed by atoms with Crippen LogP contribution in [0.25, 0.3) is 0 Å². The van der Waals surface area contributed by atoms with Gasteiger partial charge < -0.3 is 20.9 Å². The van der Waals surface area contributed by atoms with Gasteiger partial charge in [0.2, 0.25) is 5.60 Å². The summed E-state index contributed by atoms with van der Waals surface area (Å²) in [6.45, 7) is 6.69. The zero-order valence-electron chi connectivity index (χ0n) is 16.0. The second-order valence-electron chi connectivity index (χ2n) is 6.55. The van der Waals surface area contributed by atoms with Crippen molar-refractivity contribution in [2.24, 2.45) is 0 Å². The summed E-state index contributed by atoms with van der Waals surface area (Å²) < 4.78 is 11.8. The first-order chi connectivity index (χ1) is 12.0. The lowest BCUT2D eigenvalue weighted by Crippen LogP contribution is -2.46. The molecule has 25 heavy (non-hydrogen) atoms. The van der Waals surface area contributed by atoms with Crippen LogP contribution in [0.15, 0.2) is 18.2 Å². The molecule has 0 radical (unpaired) electrons. The molecule has 142 valence electrons. The fourth-order valence-corrected chi connectivity index (χ4v) is 2.70. The van der Waals surface area contributed by atoms with Gasteiger partial charge in [-0.15, -0.1) is 0 Å². The van der Waals surface area contributed by atoms with Crippen molar-refractivity contribution in [3.8, 4) is 5.75 Å².